The summed E-state index contributed by atoms with van der Waals surface area (Å²) in [7, 11) is 0. The molecule has 0 saturated carbocycles. The third kappa shape index (κ3) is 4.87. The number of carbonyl (C=O) groups is 2. The van der Waals surface area contributed by atoms with E-state index >= 15 is 0 Å². The molecule has 0 aliphatic heterocycles. The van der Waals surface area contributed by atoms with Crippen molar-refractivity contribution in [2.24, 2.45) is 0 Å². The molecule has 0 spiro atoms. The minimum Gasteiger partial charge on any atom is -0.466 e. The Bertz CT molecular complexity index is 534. The third-order valence-electron chi connectivity index (χ3n) is 2.53. The van der Waals surface area contributed by atoms with Gasteiger partial charge >= 0.3 is 5.97 Å². The van der Waals surface area contributed by atoms with Crippen molar-refractivity contribution in [3.8, 4) is 0 Å². The zero-order valence-corrected chi connectivity index (χ0v) is 12.0. The van der Waals surface area contributed by atoms with Crippen molar-refractivity contribution in [1.29, 1.82) is 0 Å². The lowest BCUT2D eigenvalue weighted by Gasteiger charge is -2.10. The first-order chi connectivity index (χ1) is 9.43. The van der Waals surface area contributed by atoms with Gasteiger partial charge in [0.2, 0.25) is 0 Å². The number of hydrogen-bond donors (Lipinski definition) is 1. The molecule has 1 heterocycles. The standard InChI is InChI=1S/C14H20N2O4/c1-4-20-13(18)7-8-16-9-11(5-6-12(16)17)14(19)15-10(2)3/h5-6,9-10H,4,7-8H2,1-3H3,(H,15,19). The Balaban J connectivity index is 2.79. The zero-order chi connectivity index (χ0) is 15.1. The van der Waals surface area contributed by atoms with E-state index in [9.17, 15) is 14.4 Å². The molecule has 6 heteroatoms. The van der Waals surface area contributed by atoms with Gasteiger partial charge in [0.15, 0.2) is 0 Å². The Labute approximate surface area is 117 Å². The second kappa shape index (κ2) is 7.47. The lowest BCUT2D eigenvalue weighted by atomic mass is 10.2. The number of nitrogens with zero attached hydrogens (tertiary/aromatic N) is 1. The van der Waals surface area contributed by atoms with Gasteiger partial charge in [-0.1, -0.05) is 0 Å². The number of pyridine rings is 1. The lowest BCUT2D eigenvalue weighted by molar-refractivity contribution is -0.143. The van der Waals surface area contributed by atoms with E-state index in [1.54, 1.807) is 6.92 Å². The van der Waals surface area contributed by atoms with Crippen molar-refractivity contribution < 1.29 is 14.3 Å². The molecule has 0 fully saturated rings. The molecule has 20 heavy (non-hydrogen) atoms. The number of aryl methyl sites for hydroxylation is 1. The summed E-state index contributed by atoms with van der Waals surface area (Å²) in [4.78, 5) is 34.8. The minimum atomic E-state index is -0.364. The third-order valence-corrected chi connectivity index (χ3v) is 2.53. The highest BCUT2D eigenvalue weighted by atomic mass is 16.5. The molecule has 0 unspecified atom stereocenters. The number of ether oxygens (including phenoxy) is 1. The number of aromatic nitrogens is 1. The summed E-state index contributed by atoms with van der Waals surface area (Å²) in [5, 5.41) is 2.74. The average Bonchev–Trinajstić information content (AvgIpc) is 2.37. The van der Waals surface area contributed by atoms with Crippen LogP contribution in [0.25, 0.3) is 0 Å². The molecule has 1 N–H and O–H groups in total. The number of hydrogen-bond acceptors (Lipinski definition) is 4. The molecule has 0 bridgehead atoms. The van der Waals surface area contributed by atoms with Gasteiger partial charge in [-0.15, -0.1) is 0 Å². The monoisotopic (exact) mass is 280 g/mol. The fourth-order valence-corrected chi connectivity index (χ4v) is 1.63. The smallest absolute Gasteiger partial charge is 0.307 e. The van der Waals surface area contributed by atoms with Crippen LogP contribution >= 0.6 is 0 Å². The molecule has 1 amide bonds. The van der Waals surface area contributed by atoms with Crippen LogP contribution in [0.2, 0.25) is 0 Å². The maximum atomic E-state index is 11.8. The molecule has 1 rings (SSSR count). The molecule has 1 aromatic heterocycles. The highest BCUT2D eigenvalue weighted by Crippen LogP contribution is 1.99. The van der Waals surface area contributed by atoms with E-state index in [4.69, 9.17) is 4.74 Å². The van der Waals surface area contributed by atoms with Crippen LogP contribution < -0.4 is 10.9 Å². The van der Waals surface area contributed by atoms with E-state index < -0.39 is 0 Å². The SMILES string of the molecule is CCOC(=O)CCn1cc(C(=O)NC(C)C)ccc1=O. The summed E-state index contributed by atoms with van der Waals surface area (Å²) in [5.74, 6) is -0.610. The maximum Gasteiger partial charge on any atom is 0.307 e. The number of rotatable bonds is 6. The second-order valence-electron chi connectivity index (χ2n) is 4.63. The van der Waals surface area contributed by atoms with Gasteiger partial charge in [0.05, 0.1) is 18.6 Å². The van der Waals surface area contributed by atoms with Gasteiger partial charge in [-0.05, 0) is 26.8 Å². The summed E-state index contributed by atoms with van der Waals surface area (Å²) in [6.07, 6.45) is 1.56. The number of carbonyl (C=O) groups excluding carboxylic acids is 2. The molecule has 0 aliphatic carbocycles. The van der Waals surface area contributed by atoms with Gasteiger partial charge in [-0.3, -0.25) is 14.4 Å². The number of amides is 1. The van der Waals surface area contributed by atoms with Crippen LogP contribution in [0.3, 0.4) is 0 Å². The van der Waals surface area contributed by atoms with Crippen molar-refractivity contribution in [1.82, 2.24) is 9.88 Å². The highest BCUT2D eigenvalue weighted by molar-refractivity contribution is 5.94. The van der Waals surface area contributed by atoms with Gasteiger partial charge in [-0.2, -0.15) is 0 Å². The quantitative estimate of drug-likeness (QED) is 0.787. The Hall–Kier alpha value is -2.11. The topological polar surface area (TPSA) is 77.4 Å². The minimum absolute atomic E-state index is 0.0161. The Morgan fingerprint density at radius 2 is 2.05 bits per heavy atom. The van der Waals surface area contributed by atoms with Gasteiger partial charge in [-0.25, -0.2) is 0 Å². The van der Waals surface area contributed by atoms with Gasteiger partial charge < -0.3 is 14.6 Å². The van der Waals surface area contributed by atoms with E-state index in [1.165, 1.54) is 22.9 Å². The largest absolute Gasteiger partial charge is 0.466 e. The normalized spacial score (nSPS) is 10.4. The second-order valence-corrected chi connectivity index (χ2v) is 4.63. The molecule has 0 aliphatic rings. The molecule has 6 nitrogen and oxygen atoms in total. The van der Waals surface area contributed by atoms with Crippen molar-refractivity contribution in [2.75, 3.05) is 6.61 Å². The van der Waals surface area contributed by atoms with Crippen molar-refractivity contribution in [3.63, 3.8) is 0 Å². The molecular formula is C14H20N2O4. The summed E-state index contributed by atoms with van der Waals surface area (Å²) < 4.78 is 6.14. The number of esters is 1. The summed E-state index contributed by atoms with van der Waals surface area (Å²) in [6, 6.07) is 2.81. The fourth-order valence-electron chi connectivity index (χ4n) is 1.63. The van der Waals surface area contributed by atoms with Gasteiger partial charge in [0, 0.05) is 24.8 Å². The Kier molecular flexibility index (Phi) is 5.96. The van der Waals surface area contributed by atoms with Crippen molar-refractivity contribution in [3.05, 3.63) is 34.2 Å². The van der Waals surface area contributed by atoms with E-state index in [0.717, 1.165) is 0 Å². The van der Waals surface area contributed by atoms with Crippen LogP contribution in [0.5, 0.6) is 0 Å². The predicted octanol–water partition coefficient (Wildman–Crippen LogP) is 0.940. The zero-order valence-electron chi connectivity index (χ0n) is 12.0. The highest BCUT2D eigenvalue weighted by Gasteiger charge is 2.09. The first kappa shape index (κ1) is 15.9. The van der Waals surface area contributed by atoms with Gasteiger partial charge in [0.25, 0.3) is 11.5 Å². The van der Waals surface area contributed by atoms with Crippen LogP contribution in [-0.2, 0) is 16.1 Å². The number of nitrogens with one attached hydrogen (secondary N) is 1. The van der Waals surface area contributed by atoms with Gasteiger partial charge in [0.1, 0.15) is 0 Å². The van der Waals surface area contributed by atoms with Crippen LogP contribution in [-0.4, -0.2) is 29.1 Å². The van der Waals surface area contributed by atoms with E-state index in [-0.39, 0.29) is 36.4 Å². The lowest BCUT2D eigenvalue weighted by Crippen LogP contribution is -2.31. The summed E-state index contributed by atoms with van der Waals surface area (Å²) in [5.41, 5.74) is 0.137. The van der Waals surface area contributed by atoms with Crippen molar-refractivity contribution in [2.45, 2.75) is 39.8 Å². The maximum absolute atomic E-state index is 11.8. The first-order valence-corrected chi connectivity index (χ1v) is 6.61. The fraction of sp³-hybridized carbons (Fsp3) is 0.500. The van der Waals surface area contributed by atoms with Crippen molar-refractivity contribution >= 4 is 11.9 Å². The molecule has 0 radical (unpaired) electrons. The van der Waals surface area contributed by atoms with E-state index in [1.807, 2.05) is 13.8 Å². The van der Waals surface area contributed by atoms with E-state index in [0.29, 0.717) is 12.2 Å². The molecule has 110 valence electrons. The average molecular weight is 280 g/mol. The van der Waals surface area contributed by atoms with Crippen LogP contribution in [0, 0.1) is 0 Å². The molecule has 0 atom stereocenters. The van der Waals surface area contributed by atoms with E-state index in [2.05, 4.69) is 5.32 Å². The Morgan fingerprint density at radius 3 is 2.65 bits per heavy atom. The summed E-state index contributed by atoms with van der Waals surface area (Å²) >= 11 is 0. The molecule has 1 aromatic rings. The predicted molar refractivity (Wildman–Crippen MR) is 74.6 cm³/mol. The molecular weight excluding hydrogens is 260 g/mol. The van der Waals surface area contributed by atoms with Crippen LogP contribution in [0.15, 0.2) is 23.1 Å². The van der Waals surface area contributed by atoms with Crippen LogP contribution in [0.4, 0.5) is 0 Å². The molecule has 0 saturated heterocycles. The summed E-state index contributed by atoms with van der Waals surface area (Å²) in [6.45, 7) is 5.94. The Morgan fingerprint density at radius 1 is 1.35 bits per heavy atom. The molecule has 0 aromatic carbocycles. The van der Waals surface area contributed by atoms with Crippen LogP contribution in [0.1, 0.15) is 37.6 Å². The first-order valence-electron chi connectivity index (χ1n) is 6.61.